The van der Waals surface area contributed by atoms with Crippen LogP contribution in [0.4, 0.5) is 0 Å². The Morgan fingerprint density at radius 3 is 2.50 bits per heavy atom. The number of phenolic OH excluding ortho intramolecular Hbond substituents is 1. The molecule has 3 N–H and O–H groups in total. The van der Waals surface area contributed by atoms with Gasteiger partial charge in [0.2, 0.25) is 11.8 Å². The van der Waals surface area contributed by atoms with E-state index in [2.05, 4.69) is 17.0 Å². The van der Waals surface area contributed by atoms with Crippen LogP contribution in [-0.2, 0) is 14.4 Å². The highest BCUT2D eigenvalue weighted by Gasteiger charge is 2.64. The van der Waals surface area contributed by atoms with Crippen LogP contribution in [0.5, 0.6) is 5.75 Å². The van der Waals surface area contributed by atoms with Crippen LogP contribution in [0.2, 0.25) is 0 Å². The van der Waals surface area contributed by atoms with Crippen molar-refractivity contribution in [1.29, 1.82) is 0 Å². The summed E-state index contributed by atoms with van der Waals surface area (Å²) < 4.78 is -0.654. The first-order valence-corrected chi connectivity index (χ1v) is 8.83. The zero-order chi connectivity index (χ0) is 19.2. The van der Waals surface area contributed by atoms with Gasteiger partial charge in [-0.25, -0.2) is 4.79 Å². The molecule has 2 heterocycles. The highest BCUT2D eigenvalue weighted by molar-refractivity contribution is 8.01. The Bertz CT molecular complexity index is 779. The number of aliphatic imine (C=N–C) groups is 1. The van der Waals surface area contributed by atoms with Gasteiger partial charge in [0.25, 0.3) is 0 Å². The second-order valence-corrected chi connectivity index (χ2v) is 8.53. The van der Waals surface area contributed by atoms with Crippen molar-refractivity contribution < 1.29 is 24.6 Å². The monoisotopic (exact) mass is 377 g/mol. The molecule has 138 valence electrons. The molecule has 0 spiro atoms. The lowest BCUT2D eigenvalue weighted by atomic mass is 9.95. The molecule has 1 unspecified atom stereocenters. The molecule has 2 aliphatic rings. The van der Waals surface area contributed by atoms with E-state index in [-0.39, 0.29) is 5.75 Å². The number of phenols is 1. The average molecular weight is 377 g/mol. The Balaban J connectivity index is 1.75. The van der Waals surface area contributed by atoms with E-state index >= 15 is 0 Å². The third-order valence-electron chi connectivity index (χ3n) is 4.61. The molecule has 0 saturated carbocycles. The Kier molecular flexibility index (Phi) is 4.43. The molecule has 9 heteroatoms. The molecule has 0 radical (unpaired) electrons. The van der Waals surface area contributed by atoms with Crippen molar-refractivity contribution in [2.24, 2.45) is 4.99 Å². The lowest BCUT2D eigenvalue weighted by Crippen LogP contribution is -2.70. The fourth-order valence-corrected chi connectivity index (χ4v) is 5.00. The summed E-state index contributed by atoms with van der Waals surface area (Å²) in [4.78, 5) is 41.6. The summed E-state index contributed by atoms with van der Waals surface area (Å²) in [5.74, 6) is -1.91. The predicted octanol–water partition coefficient (Wildman–Crippen LogP) is 0.766. The van der Waals surface area contributed by atoms with Crippen molar-refractivity contribution in [1.82, 2.24) is 10.2 Å². The number of aliphatic carboxylic acids is 1. The van der Waals surface area contributed by atoms with E-state index in [1.54, 1.807) is 26.0 Å². The predicted molar refractivity (Wildman–Crippen MR) is 96.1 cm³/mol. The lowest BCUT2D eigenvalue weighted by Gasteiger charge is -2.43. The number of benzene rings is 1. The van der Waals surface area contributed by atoms with Gasteiger partial charge in [0, 0.05) is 4.75 Å². The molecule has 8 nitrogen and oxygen atoms in total. The van der Waals surface area contributed by atoms with Crippen LogP contribution in [0, 0.1) is 0 Å². The molecule has 0 aromatic heterocycles. The molecule has 4 atom stereocenters. The van der Waals surface area contributed by atoms with E-state index in [9.17, 15) is 24.6 Å². The molecular formula is C17H19N3O5S. The molecular weight excluding hydrogens is 358 g/mol. The standard InChI is InChI=1S/C17H19N3O5S/c1-17(2)12(16(24)25)20-14(23)11(15(20)26-17)19-13(22)10(18-3)8-4-6-9(21)7-5-8/h4-7,10-12,15,21H,3H2,1-2H3,(H,19,22)(H,24,25)/t10-,11?,12+,15-/m1/s1. The summed E-state index contributed by atoms with van der Waals surface area (Å²) in [5, 5.41) is 21.0. The second-order valence-electron chi connectivity index (χ2n) is 6.76. The first-order chi connectivity index (χ1) is 12.2. The maximum Gasteiger partial charge on any atom is 0.327 e. The van der Waals surface area contributed by atoms with Gasteiger partial charge in [-0.1, -0.05) is 12.1 Å². The van der Waals surface area contributed by atoms with Crippen LogP contribution in [0.1, 0.15) is 25.5 Å². The van der Waals surface area contributed by atoms with E-state index in [0.717, 1.165) is 0 Å². The van der Waals surface area contributed by atoms with Crippen LogP contribution < -0.4 is 5.32 Å². The van der Waals surface area contributed by atoms with Gasteiger partial charge in [-0.2, -0.15) is 0 Å². The summed E-state index contributed by atoms with van der Waals surface area (Å²) in [6.45, 7) is 6.96. The van der Waals surface area contributed by atoms with E-state index in [1.165, 1.54) is 28.8 Å². The van der Waals surface area contributed by atoms with Crippen molar-refractivity contribution in [3.63, 3.8) is 0 Å². The van der Waals surface area contributed by atoms with Crippen LogP contribution in [-0.4, -0.2) is 61.8 Å². The van der Waals surface area contributed by atoms with Crippen molar-refractivity contribution in [2.45, 2.75) is 42.1 Å². The number of carbonyl (C=O) groups is 3. The minimum absolute atomic E-state index is 0.0612. The van der Waals surface area contributed by atoms with Gasteiger partial charge >= 0.3 is 5.97 Å². The van der Waals surface area contributed by atoms with Crippen molar-refractivity contribution >= 4 is 36.3 Å². The van der Waals surface area contributed by atoms with Gasteiger partial charge in [-0.15, -0.1) is 11.8 Å². The maximum absolute atomic E-state index is 12.6. The molecule has 2 aliphatic heterocycles. The number of thioether (sulfide) groups is 1. The summed E-state index contributed by atoms with van der Waals surface area (Å²) in [6, 6.07) is 3.33. The quantitative estimate of drug-likeness (QED) is 0.515. The minimum Gasteiger partial charge on any atom is -0.508 e. The highest BCUT2D eigenvalue weighted by Crippen LogP contribution is 2.50. The van der Waals surface area contributed by atoms with Gasteiger partial charge in [0.15, 0.2) is 6.04 Å². The van der Waals surface area contributed by atoms with Crippen LogP contribution >= 0.6 is 11.8 Å². The normalized spacial score (nSPS) is 27.2. The topological polar surface area (TPSA) is 119 Å². The third kappa shape index (κ3) is 2.82. The number of carbonyl (C=O) groups excluding carboxylic acids is 2. The first kappa shape index (κ1) is 18.2. The Hall–Kier alpha value is -2.55. The Labute approximate surface area is 154 Å². The molecule has 0 bridgehead atoms. The number of hydrogen-bond donors (Lipinski definition) is 3. The molecule has 3 rings (SSSR count). The number of nitrogens with zero attached hydrogens (tertiary/aromatic N) is 2. The summed E-state index contributed by atoms with van der Waals surface area (Å²) in [6.07, 6.45) is 0. The molecule has 2 amide bonds. The van der Waals surface area contributed by atoms with E-state index < -0.39 is 46.0 Å². The number of amides is 2. The van der Waals surface area contributed by atoms with Gasteiger partial charge in [-0.3, -0.25) is 14.6 Å². The molecule has 2 saturated heterocycles. The van der Waals surface area contributed by atoms with E-state index in [4.69, 9.17) is 0 Å². The molecule has 26 heavy (non-hydrogen) atoms. The fourth-order valence-electron chi connectivity index (χ4n) is 3.37. The highest BCUT2D eigenvalue weighted by atomic mass is 32.2. The zero-order valence-electron chi connectivity index (χ0n) is 14.2. The number of rotatable bonds is 5. The summed E-state index contributed by atoms with van der Waals surface area (Å²) in [7, 11) is 0. The fraction of sp³-hybridized carbons (Fsp3) is 0.412. The summed E-state index contributed by atoms with van der Waals surface area (Å²) in [5.41, 5.74) is 0.529. The molecule has 2 fully saturated rings. The number of β-lactam (4-membered cyclic amide) rings is 1. The zero-order valence-corrected chi connectivity index (χ0v) is 15.1. The Morgan fingerprint density at radius 2 is 1.96 bits per heavy atom. The number of carboxylic acids is 1. The number of aromatic hydroxyl groups is 1. The largest absolute Gasteiger partial charge is 0.508 e. The third-order valence-corrected chi connectivity index (χ3v) is 6.18. The van der Waals surface area contributed by atoms with Crippen LogP contribution in [0.15, 0.2) is 29.3 Å². The first-order valence-electron chi connectivity index (χ1n) is 7.95. The van der Waals surface area contributed by atoms with Gasteiger partial charge in [-0.05, 0) is 38.3 Å². The van der Waals surface area contributed by atoms with Gasteiger partial charge in [0.05, 0.1) is 0 Å². The van der Waals surface area contributed by atoms with Gasteiger partial charge in [0.1, 0.15) is 23.2 Å². The number of carboxylic acid groups (broad SMARTS) is 1. The minimum atomic E-state index is -1.06. The second kappa shape index (κ2) is 6.31. The van der Waals surface area contributed by atoms with Crippen molar-refractivity contribution in [3.05, 3.63) is 29.8 Å². The van der Waals surface area contributed by atoms with Crippen molar-refractivity contribution in [2.75, 3.05) is 0 Å². The molecule has 0 aliphatic carbocycles. The van der Waals surface area contributed by atoms with Gasteiger partial charge < -0.3 is 20.4 Å². The number of fused-ring (bicyclic) bond motifs is 1. The maximum atomic E-state index is 12.6. The van der Waals surface area contributed by atoms with Crippen molar-refractivity contribution in [3.8, 4) is 5.75 Å². The van der Waals surface area contributed by atoms with E-state index in [1.807, 2.05) is 0 Å². The van der Waals surface area contributed by atoms with E-state index in [0.29, 0.717) is 5.56 Å². The lowest BCUT2D eigenvalue weighted by molar-refractivity contribution is -0.161. The molecule has 1 aromatic rings. The summed E-state index contributed by atoms with van der Waals surface area (Å²) >= 11 is 1.36. The Morgan fingerprint density at radius 1 is 1.35 bits per heavy atom. The number of nitrogens with one attached hydrogen (secondary N) is 1. The van der Waals surface area contributed by atoms with Crippen LogP contribution in [0.25, 0.3) is 0 Å². The van der Waals surface area contributed by atoms with Crippen LogP contribution in [0.3, 0.4) is 0 Å². The average Bonchev–Trinajstić information content (AvgIpc) is 2.83. The smallest absolute Gasteiger partial charge is 0.327 e. The molecule has 1 aromatic carbocycles. The number of hydrogen-bond acceptors (Lipinski definition) is 6. The SMILES string of the molecule is C=N[C@@H](C(=O)NC1C(=O)N2[C@@H]1SC(C)(C)[C@@H]2C(=O)O)c1ccc(O)cc1.